The highest BCUT2D eigenvalue weighted by atomic mass is 16.6. The van der Waals surface area contributed by atoms with Crippen molar-refractivity contribution in [2.75, 3.05) is 21.3 Å². The van der Waals surface area contributed by atoms with Gasteiger partial charge in [-0.15, -0.1) is 0 Å². The smallest absolute Gasteiger partial charge is 0.408 e. The molecule has 2 aromatic carbocycles. The molecule has 2 rings (SSSR count). The van der Waals surface area contributed by atoms with Crippen LogP contribution in [0.4, 0.5) is 4.79 Å². The van der Waals surface area contributed by atoms with Crippen LogP contribution in [0.2, 0.25) is 0 Å². The molecule has 0 aliphatic heterocycles. The number of alkyl carbamates (subject to hydrolysis) is 1. The van der Waals surface area contributed by atoms with E-state index < -0.39 is 23.7 Å². The van der Waals surface area contributed by atoms with Gasteiger partial charge < -0.3 is 24.3 Å². The summed E-state index contributed by atoms with van der Waals surface area (Å²) in [5, 5.41) is 2.58. The number of hydrogen-bond donors (Lipinski definition) is 1. The zero-order valence-corrected chi connectivity index (χ0v) is 17.6. The summed E-state index contributed by atoms with van der Waals surface area (Å²) in [4.78, 5) is 24.6. The number of benzene rings is 2. The fourth-order valence-corrected chi connectivity index (χ4v) is 2.72. The number of hydrogen-bond acceptors (Lipinski definition) is 6. The molecule has 7 heteroatoms. The second-order valence-corrected chi connectivity index (χ2v) is 7.29. The molecule has 2 aromatic rings. The molecule has 0 heterocycles. The molecule has 0 unspecified atom stereocenters. The van der Waals surface area contributed by atoms with Gasteiger partial charge >= 0.3 is 12.1 Å². The number of ether oxygens (including phenoxy) is 4. The van der Waals surface area contributed by atoms with Crippen molar-refractivity contribution in [2.24, 2.45) is 0 Å². The Kier molecular flexibility index (Phi) is 7.09. The summed E-state index contributed by atoms with van der Waals surface area (Å²) < 4.78 is 20.8. The van der Waals surface area contributed by atoms with E-state index >= 15 is 0 Å². The van der Waals surface area contributed by atoms with Crippen molar-refractivity contribution in [2.45, 2.75) is 32.4 Å². The van der Waals surface area contributed by atoms with Gasteiger partial charge in [0.1, 0.15) is 17.1 Å². The summed E-state index contributed by atoms with van der Waals surface area (Å²) >= 11 is 0. The number of methoxy groups -OCH3 is 3. The van der Waals surface area contributed by atoms with Crippen LogP contribution >= 0.6 is 0 Å². The topological polar surface area (TPSA) is 83.1 Å². The fourth-order valence-electron chi connectivity index (χ4n) is 2.72. The van der Waals surface area contributed by atoms with Crippen LogP contribution in [0.3, 0.4) is 0 Å². The lowest BCUT2D eigenvalue weighted by molar-refractivity contribution is -0.143. The average Bonchev–Trinajstić information content (AvgIpc) is 2.69. The number of esters is 1. The van der Waals surface area contributed by atoms with Crippen molar-refractivity contribution in [3.63, 3.8) is 0 Å². The Bertz CT molecular complexity index is 855. The molecule has 0 fully saturated rings. The summed E-state index contributed by atoms with van der Waals surface area (Å²) in [5.41, 5.74) is 1.46. The van der Waals surface area contributed by atoms with E-state index in [-0.39, 0.29) is 0 Å². The number of carbonyl (C=O) groups is 2. The largest absolute Gasteiger partial charge is 0.497 e. The Morgan fingerprint density at radius 1 is 0.931 bits per heavy atom. The van der Waals surface area contributed by atoms with Gasteiger partial charge in [0, 0.05) is 5.56 Å². The molecule has 29 heavy (non-hydrogen) atoms. The van der Waals surface area contributed by atoms with Crippen LogP contribution in [0.25, 0.3) is 11.1 Å². The van der Waals surface area contributed by atoms with Crippen LogP contribution in [0, 0.1) is 0 Å². The van der Waals surface area contributed by atoms with Crippen molar-refractivity contribution in [1.82, 2.24) is 5.32 Å². The van der Waals surface area contributed by atoms with Crippen LogP contribution in [0.15, 0.2) is 42.5 Å². The first-order chi connectivity index (χ1) is 13.7. The van der Waals surface area contributed by atoms with Crippen molar-refractivity contribution in [3.05, 3.63) is 48.0 Å². The van der Waals surface area contributed by atoms with Crippen LogP contribution in [0.1, 0.15) is 32.4 Å². The van der Waals surface area contributed by atoms with Crippen LogP contribution in [-0.2, 0) is 14.3 Å². The quantitative estimate of drug-likeness (QED) is 0.734. The van der Waals surface area contributed by atoms with E-state index in [0.717, 1.165) is 16.9 Å². The van der Waals surface area contributed by atoms with E-state index in [1.54, 1.807) is 53.2 Å². The Labute approximate surface area is 170 Å². The Balaban J connectivity index is 2.43. The van der Waals surface area contributed by atoms with E-state index in [2.05, 4.69) is 5.32 Å². The molecule has 0 aliphatic rings. The Morgan fingerprint density at radius 3 is 2.10 bits per heavy atom. The minimum absolute atomic E-state index is 0.536. The zero-order chi connectivity index (χ0) is 21.6. The maximum Gasteiger partial charge on any atom is 0.408 e. The Hall–Kier alpha value is -3.22. The minimum Gasteiger partial charge on any atom is -0.497 e. The molecular formula is C22H27NO6. The standard InChI is InChI=1S/C22H27NO6/c1-22(2,3)29-21(25)23-19(20(24)28-6)15-9-12-18(27-5)17(13-15)14-7-10-16(26-4)11-8-14/h7-13,19H,1-6H3,(H,23,25)/t19-/m1/s1. The predicted octanol–water partition coefficient (Wildman–Crippen LogP) is 4.11. The SMILES string of the molecule is COC(=O)[C@H](NC(=O)OC(C)(C)C)c1ccc(OC)c(-c2ccc(OC)cc2)c1. The highest BCUT2D eigenvalue weighted by molar-refractivity contribution is 5.84. The third-order valence-corrected chi connectivity index (χ3v) is 4.06. The third kappa shape index (κ3) is 5.88. The van der Waals surface area contributed by atoms with Crippen LogP contribution in [0.5, 0.6) is 11.5 Å². The molecule has 0 saturated heterocycles. The Morgan fingerprint density at radius 2 is 1.59 bits per heavy atom. The molecule has 0 spiro atoms. The second kappa shape index (κ2) is 9.32. The molecule has 7 nitrogen and oxygen atoms in total. The van der Waals surface area contributed by atoms with E-state index in [1.807, 2.05) is 24.3 Å². The monoisotopic (exact) mass is 401 g/mol. The predicted molar refractivity (Wildman–Crippen MR) is 109 cm³/mol. The second-order valence-electron chi connectivity index (χ2n) is 7.29. The molecule has 0 radical (unpaired) electrons. The lowest BCUT2D eigenvalue weighted by Crippen LogP contribution is -2.38. The number of rotatable bonds is 6. The first-order valence-corrected chi connectivity index (χ1v) is 9.08. The zero-order valence-electron chi connectivity index (χ0n) is 17.6. The van der Waals surface area contributed by atoms with Gasteiger partial charge in [0.25, 0.3) is 0 Å². The van der Waals surface area contributed by atoms with Gasteiger partial charge in [0.2, 0.25) is 0 Å². The molecule has 1 atom stereocenters. The van der Waals surface area contributed by atoms with Crippen molar-refractivity contribution in [1.29, 1.82) is 0 Å². The molecule has 0 aliphatic carbocycles. The third-order valence-electron chi connectivity index (χ3n) is 4.06. The molecule has 156 valence electrons. The van der Waals surface area contributed by atoms with Crippen LogP contribution in [-0.4, -0.2) is 39.0 Å². The number of amides is 1. The number of nitrogens with one attached hydrogen (secondary N) is 1. The molecule has 0 bridgehead atoms. The van der Waals surface area contributed by atoms with Gasteiger partial charge in [0.15, 0.2) is 6.04 Å². The summed E-state index contributed by atoms with van der Waals surface area (Å²) in [7, 11) is 4.43. The summed E-state index contributed by atoms with van der Waals surface area (Å²) in [5.74, 6) is 0.740. The van der Waals surface area contributed by atoms with Gasteiger partial charge in [-0.25, -0.2) is 9.59 Å². The summed E-state index contributed by atoms with van der Waals surface area (Å²) in [6, 6.07) is 11.6. The van der Waals surface area contributed by atoms with Crippen molar-refractivity contribution < 1.29 is 28.5 Å². The van der Waals surface area contributed by atoms with Gasteiger partial charge in [-0.3, -0.25) is 0 Å². The normalized spacial score (nSPS) is 11.9. The van der Waals surface area contributed by atoms with E-state index in [4.69, 9.17) is 18.9 Å². The average molecular weight is 401 g/mol. The molecule has 0 aromatic heterocycles. The van der Waals surface area contributed by atoms with Gasteiger partial charge in [-0.1, -0.05) is 18.2 Å². The highest BCUT2D eigenvalue weighted by Crippen LogP contribution is 2.34. The van der Waals surface area contributed by atoms with Gasteiger partial charge in [0.05, 0.1) is 21.3 Å². The lowest BCUT2D eigenvalue weighted by Gasteiger charge is -2.23. The summed E-state index contributed by atoms with van der Waals surface area (Å²) in [6.45, 7) is 5.23. The minimum atomic E-state index is -1.03. The van der Waals surface area contributed by atoms with Gasteiger partial charge in [-0.05, 0) is 56.2 Å². The van der Waals surface area contributed by atoms with E-state index in [0.29, 0.717) is 11.3 Å². The molecular weight excluding hydrogens is 374 g/mol. The van der Waals surface area contributed by atoms with Crippen LogP contribution < -0.4 is 14.8 Å². The van der Waals surface area contributed by atoms with E-state index in [1.165, 1.54) is 7.11 Å². The first-order valence-electron chi connectivity index (χ1n) is 9.08. The fraction of sp³-hybridized carbons (Fsp3) is 0.364. The maximum atomic E-state index is 12.4. The van der Waals surface area contributed by atoms with Crippen molar-refractivity contribution in [3.8, 4) is 22.6 Å². The van der Waals surface area contributed by atoms with E-state index in [9.17, 15) is 9.59 Å². The first kappa shape index (κ1) is 22.1. The molecule has 1 N–H and O–H groups in total. The molecule has 0 saturated carbocycles. The maximum absolute atomic E-state index is 12.4. The van der Waals surface area contributed by atoms with Gasteiger partial charge in [-0.2, -0.15) is 0 Å². The van der Waals surface area contributed by atoms with Crippen molar-refractivity contribution >= 4 is 12.1 Å². The lowest BCUT2D eigenvalue weighted by atomic mass is 9.98. The molecule has 1 amide bonds. The summed E-state index contributed by atoms with van der Waals surface area (Å²) in [6.07, 6.45) is -0.713. The highest BCUT2D eigenvalue weighted by Gasteiger charge is 2.27. The number of carbonyl (C=O) groups excluding carboxylic acids is 2.